The SMILES string of the molecule is Cc1n[nH]c(C)c1CCC(=O)N1CCC(n2cnc3ccccc32)C1. The largest absolute Gasteiger partial charge is 0.341 e. The number of fused-ring (bicyclic) bond motifs is 1. The fourth-order valence-corrected chi connectivity index (χ4v) is 3.80. The first-order chi connectivity index (χ1) is 12.1. The highest BCUT2D eigenvalue weighted by atomic mass is 16.2. The van der Waals surface area contributed by atoms with E-state index in [9.17, 15) is 4.79 Å². The van der Waals surface area contributed by atoms with Crippen LogP contribution in [0.25, 0.3) is 11.0 Å². The van der Waals surface area contributed by atoms with E-state index in [1.54, 1.807) is 0 Å². The number of likely N-dealkylation sites (tertiary alicyclic amines) is 1. The van der Waals surface area contributed by atoms with Gasteiger partial charge in [-0.05, 0) is 44.4 Å². The molecule has 0 bridgehead atoms. The molecule has 3 heterocycles. The normalized spacial score (nSPS) is 17.5. The Labute approximate surface area is 146 Å². The van der Waals surface area contributed by atoms with E-state index in [2.05, 4.69) is 25.8 Å². The van der Waals surface area contributed by atoms with Gasteiger partial charge in [0.15, 0.2) is 0 Å². The molecule has 0 spiro atoms. The van der Waals surface area contributed by atoms with Gasteiger partial charge in [-0.3, -0.25) is 9.89 Å². The number of aryl methyl sites for hydroxylation is 2. The van der Waals surface area contributed by atoms with Crippen molar-refractivity contribution in [3.8, 4) is 0 Å². The quantitative estimate of drug-likeness (QED) is 0.796. The molecule has 1 atom stereocenters. The third-order valence-electron chi connectivity index (χ3n) is 5.26. The average Bonchev–Trinajstić information content (AvgIpc) is 3.32. The van der Waals surface area contributed by atoms with Gasteiger partial charge in [-0.15, -0.1) is 0 Å². The van der Waals surface area contributed by atoms with E-state index < -0.39 is 0 Å². The lowest BCUT2D eigenvalue weighted by molar-refractivity contribution is -0.130. The van der Waals surface area contributed by atoms with Crippen LogP contribution in [0.5, 0.6) is 0 Å². The van der Waals surface area contributed by atoms with E-state index in [0.29, 0.717) is 12.5 Å². The molecule has 1 aromatic carbocycles. The van der Waals surface area contributed by atoms with E-state index in [1.165, 1.54) is 5.56 Å². The summed E-state index contributed by atoms with van der Waals surface area (Å²) in [4.78, 5) is 19.1. The number of hydrogen-bond donors (Lipinski definition) is 1. The molecule has 4 rings (SSSR count). The number of rotatable bonds is 4. The number of nitrogens with one attached hydrogen (secondary N) is 1. The molecule has 6 nitrogen and oxygen atoms in total. The Morgan fingerprint density at radius 3 is 2.96 bits per heavy atom. The van der Waals surface area contributed by atoms with E-state index in [1.807, 2.05) is 43.3 Å². The minimum absolute atomic E-state index is 0.229. The zero-order valence-corrected chi connectivity index (χ0v) is 14.7. The first-order valence-corrected chi connectivity index (χ1v) is 8.83. The molecule has 3 aromatic rings. The van der Waals surface area contributed by atoms with Crippen molar-refractivity contribution in [2.24, 2.45) is 0 Å². The molecule has 1 N–H and O–H groups in total. The summed E-state index contributed by atoms with van der Waals surface area (Å²) in [6.07, 6.45) is 4.18. The molecule has 1 aliphatic heterocycles. The number of imidazole rings is 1. The summed E-state index contributed by atoms with van der Waals surface area (Å²) in [7, 11) is 0. The number of benzene rings is 1. The highest BCUT2D eigenvalue weighted by Crippen LogP contribution is 2.26. The number of aromatic nitrogens is 4. The molecule has 6 heteroatoms. The lowest BCUT2D eigenvalue weighted by atomic mass is 10.1. The first-order valence-electron chi connectivity index (χ1n) is 8.83. The molecule has 1 amide bonds. The summed E-state index contributed by atoms with van der Waals surface area (Å²) < 4.78 is 2.22. The molecule has 0 saturated carbocycles. The maximum absolute atomic E-state index is 12.6. The summed E-state index contributed by atoms with van der Waals surface area (Å²) >= 11 is 0. The lowest BCUT2D eigenvalue weighted by Gasteiger charge is -2.17. The second-order valence-corrected chi connectivity index (χ2v) is 6.84. The van der Waals surface area contributed by atoms with Crippen LogP contribution in [0.1, 0.15) is 35.8 Å². The molecule has 1 aliphatic rings. The molecule has 0 aliphatic carbocycles. The van der Waals surface area contributed by atoms with Crippen molar-refractivity contribution in [1.29, 1.82) is 0 Å². The van der Waals surface area contributed by atoms with Crippen molar-refractivity contribution in [2.45, 2.75) is 39.2 Å². The maximum Gasteiger partial charge on any atom is 0.222 e. The van der Waals surface area contributed by atoms with Crippen molar-refractivity contribution >= 4 is 16.9 Å². The highest BCUT2D eigenvalue weighted by molar-refractivity contribution is 5.77. The predicted octanol–water partition coefficient (Wildman–Crippen LogP) is 2.78. The molecule has 1 saturated heterocycles. The van der Waals surface area contributed by atoms with E-state index in [-0.39, 0.29) is 5.91 Å². The molecule has 130 valence electrons. The number of nitrogens with zero attached hydrogens (tertiary/aromatic N) is 4. The molecule has 1 fully saturated rings. The van der Waals surface area contributed by atoms with E-state index in [4.69, 9.17) is 0 Å². The zero-order valence-electron chi connectivity index (χ0n) is 14.7. The van der Waals surface area contributed by atoms with Gasteiger partial charge >= 0.3 is 0 Å². The summed E-state index contributed by atoms with van der Waals surface area (Å²) in [6, 6.07) is 8.47. The van der Waals surface area contributed by atoms with Gasteiger partial charge in [0.25, 0.3) is 0 Å². The topological polar surface area (TPSA) is 66.8 Å². The summed E-state index contributed by atoms with van der Waals surface area (Å²) in [5.41, 5.74) is 5.39. The number of carbonyl (C=O) groups is 1. The van der Waals surface area contributed by atoms with Gasteiger partial charge < -0.3 is 9.47 Å². The van der Waals surface area contributed by atoms with Crippen molar-refractivity contribution in [3.05, 3.63) is 47.5 Å². The molecule has 1 unspecified atom stereocenters. The molecule has 2 aromatic heterocycles. The van der Waals surface area contributed by atoms with Gasteiger partial charge in [-0.2, -0.15) is 5.10 Å². The predicted molar refractivity (Wildman–Crippen MR) is 96.3 cm³/mol. The minimum atomic E-state index is 0.229. The van der Waals surface area contributed by atoms with Crippen molar-refractivity contribution in [1.82, 2.24) is 24.6 Å². The van der Waals surface area contributed by atoms with Crippen LogP contribution in [0.4, 0.5) is 0 Å². The Hall–Kier alpha value is -2.63. The molecule has 25 heavy (non-hydrogen) atoms. The van der Waals surface area contributed by atoms with Crippen LogP contribution < -0.4 is 0 Å². The number of carbonyl (C=O) groups excluding carboxylic acids is 1. The maximum atomic E-state index is 12.6. The summed E-state index contributed by atoms with van der Waals surface area (Å²) in [6.45, 7) is 5.58. The van der Waals surface area contributed by atoms with Crippen LogP contribution in [0, 0.1) is 13.8 Å². The number of hydrogen-bond acceptors (Lipinski definition) is 3. The molecule has 0 radical (unpaired) electrons. The lowest BCUT2D eigenvalue weighted by Crippen LogP contribution is -2.29. The second-order valence-electron chi connectivity index (χ2n) is 6.84. The number of para-hydroxylation sites is 2. The number of H-pyrrole nitrogens is 1. The highest BCUT2D eigenvalue weighted by Gasteiger charge is 2.28. The Morgan fingerprint density at radius 1 is 1.32 bits per heavy atom. The average molecular weight is 337 g/mol. The standard InChI is InChI=1S/C19H23N5O/c1-13-16(14(2)22-21-13)7-8-19(25)23-10-9-15(11-23)24-12-20-17-5-3-4-6-18(17)24/h3-6,12,15H,7-11H2,1-2H3,(H,21,22). The molecular weight excluding hydrogens is 314 g/mol. The van der Waals surface area contributed by atoms with Crippen molar-refractivity contribution < 1.29 is 4.79 Å². The number of aromatic amines is 1. The van der Waals surface area contributed by atoms with E-state index >= 15 is 0 Å². The Bertz CT molecular complexity index is 890. The van der Waals surface area contributed by atoms with Crippen molar-refractivity contribution in [3.63, 3.8) is 0 Å². The van der Waals surface area contributed by atoms with Crippen LogP contribution >= 0.6 is 0 Å². The Balaban J connectivity index is 1.41. The smallest absolute Gasteiger partial charge is 0.222 e. The monoisotopic (exact) mass is 337 g/mol. The number of amides is 1. The van der Waals surface area contributed by atoms with Gasteiger partial charge in [0.05, 0.1) is 29.1 Å². The van der Waals surface area contributed by atoms with E-state index in [0.717, 1.165) is 48.4 Å². The van der Waals surface area contributed by atoms with Gasteiger partial charge in [0, 0.05) is 25.2 Å². The first kappa shape index (κ1) is 15.9. The summed E-state index contributed by atoms with van der Waals surface area (Å²) in [5.74, 6) is 0.229. The minimum Gasteiger partial charge on any atom is -0.341 e. The van der Waals surface area contributed by atoms with Crippen LogP contribution in [0.2, 0.25) is 0 Å². The fourth-order valence-electron chi connectivity index (χ4n) is 3.80. The van der Waals surface area contributed by atoms with Gasteiger partial charge in [-0.25, -0.2) is 4.98 Å². The van der Waals surface area contributed by atoms with Gasteiger partial charge in [0.1, 0.15) is 0 Å². The Morgan fingerprint density at radius 2 is 2.16 bits per heavy atom. The fraction of sp³-hybridized carbons (Fsp3) is 0.421. The van der Waals surface area contributed by atoms with Crippen LogP contribution in [0.3, 0.4) is 0 Å². The van der Waals surface area contributed by atoms with Gasteiger partial charge in [-0.1, -0.05) is 12.1 Å². The van der Waals surface area contributed by atoms with Crippen LogP contribution in [-0.4, -0.2) is 43.6 Å². The summed E-state index contributed by atoms with van der Waals surface area (Å²) in [5, 5.41) is 7.19. The van der Waals surface area contributed by atoms with Gasteiger partial charge in [0.2, 0.25) is 5.91 Å². The third kappa shape index (κ3) is 2.92. The second kappa shape index (κ2) is 6.35. The molecular formula is C19H23N5O. The van der Waals surface area contributed by atoms with Crippen LogP contribution in [-0.2, 0) is 11.2 Å². The third-order valence-corrected chi connectivity index (χ3v) is 5.26. The van der Waals surface area contributed by atoms with Crippen LogP contribution in [0.15, 0.2) is 30.6 Å². The Kier molecular flexibility index (Phi) is 4.03. The zero-order chi connectivity index (χ0) is 17.4. The van der Waals surface area contributed by atoms with Crippen molar-refractivity contribution in [2.75, 3.05) is 13.1 Å².